The van der Waals surface area contributed by atoms with Gasteiger partial charge in [0.05, 0.1) is 25.1 Å². The van der Waals surface area contributed by atoms with Crippen LogP contribution in [-0.4, -0.2) is 99.6 Å². The number of hydrogen-bond acceptors (Lipinski definition) is 7. The lowest BCUT2D eigenvalue weighted by Gasteiger charge is -2.55. The van der Waals surface area contributed by atoms with Gasteiger partial charge in [-0.3, -0.25) is 24.2 Å². The molecule has 0 bridgehead atoms. The predicted molar refractivity (Wildman–Crippen MR) is 185 cm³/mol. The molecule has 5 heterocycles. The molecule has 0 unspecified atom stereocenters. The van der Waals surface area contributed by atoms with E-state index in [1.54, 1.807) is 29.7 Å². The number of aromatic nitrogens is 4. The van der Waals surface area contributed by atoms with Crippen LogP contribution in [0.15, 0.2) is 84.7 Å². The van der Waals surface area contributed by atoms with Gasteiger partial charge in [0.25, 0.3) is 17.7 Å². The number of ether oxygens (including phenoxy) is 1. The number of nitrogens with zero attached hydrogens (tertiary/aromatic N) is 7. The molecule has 4 aromatic rings. The number of rotatable bonds is 10. The maximum Gasteiger partial charge on any atom is 0.504 e. The van der Waals surface area contributed by atoms with Crippen LogP contribution >= 0.6 is 0 Å². The lowest BCUT2D eigenvalue weighted by molar-refractivity contribution is -0.212. The first-order chi connectivity index (χ1) is 24.9. The van der Waals surface area contributed by atoms with Crippen LogP contribution in [0.3, 0.4) is 0 Å². The van der Waals surface area contributed by atoms with Gasteiger partial charge in [-0.1, -0.05) is 48.5 Å². The molecule has 0 saturated carbocycles. The number of anilines is 1. The zero-order valence-electron chi connectivity index (χ0n) is 29.0. The molecular formula is C37H39F3N8O4. The number of benzene rings is 2. The Morgan fingerprint density at radius 2 is 1.85 bits per heavy atom. The van der Waals surface area contributed by atoms with Crippen molar-refractivity contribution in [2.75, 3.05) is 51.3 Å². The van der Waals surface area contributed by atoms with Crippen LogP contribution in [0.1, 0.15) is 46.9 Å². The maximum absolute atomic E-state index is 14.4. The average molecular weight is 717 g/mol. The molecule has 272 valence electrons. The molecule has 1 spiro atoms. The summed E-state index contributed by atoms with van der Waals surface area (Å²) in [4.78, 5) is 46.8. The van der Waals surface area contributed by atoms with Crippen LogP contribution in [-0.2, 0) is 27.2 Å². The summed E-state index contributed by atoms with van der Waals surface area (Å²) in [5, 5.41) is 10.8. The number of allylic oxidation sites excluding steroid dienone is 1. The number of para-hydroxylation sites is 1. The van der Waals surface area contributed by atoms with E-state index in [0.717, 1.165) is 43.6 Å². The SMILES string of the molecule is C/C=C(\CN1CC2(COC2)C1)C(=O)N(C)Cc1cccc([C@@H]2c3cnn(-c4ccccc4)c3N(CC)C(=O)[C@H]2NC(=O)c2ccn(C(F)(F)F)n2)c1. The highest BCUT2D eigenvalue weighted by atomic mass is 19.4. The first-order valence-corrected chi connectivity index (χ1v) is 17.1. The molecule has 2 atom stereocenters. The molecule has 3 aliphatic heterocycles. The molecule has 2 fully saturated rings. The zero-order chi connectivity index (χ0) is 36.8. The Morgan fingerprint density at radius 3 is 2.48 bits per heavy atom. The predicted octanol–water partition coefficient (Wildman–Crippen LogP) is 4.08. The van der Waals surface area contributed by atoms with E-state index in [1.807, 2.05) is 67.6 Å². The number of halogens is 3. The normalized spacial score (nSPS) is 19.9. The minimum Gasteiger partial charge on any atom is -0.380 e. The topological polar surface area (TPSA) is 118 Å². The van der Waals surface area contributed by atoms with Gasteiger partial charge in [-0.15, -0.1) is 13.2 Å². The minimum absolute atomic E-state index is 0.0972. The fraction of sp³-hybridized carbons (Fsp3) is 0.378. The summed E-state index contributed by atoms with van der Waals surface area (Å²) in [5.41, 5.74) is 3.25. The molecular weight excluding hydrogens is 677 g/mol. The Labute approximate surface area is 298 Å². The second-order valence-electron chi connectivity index (χ2n) is 13.7. The van der Waals surface area contributed by atoms with Gasteiger partial charge in [-0.2, -0.15) is 14.9 Å². The fourth-order valence-corrected chi connectivity index (χ4v) is 7.41. The summed E-state index contributed by atoms with van der Waals surface area (Å²) in [7, 11) is 1.74. The van der Waals surface area contributed by atoms with Gasteiger partial charge in [0.2, 0.25) is 0 Å². The van der Waals surface area contributed by atoms with Crippen LogP contribution < -0.4 is 10.2 Å². The van der Waals surface area contributed by atoms with Crippen LogP contribution in [0.2, 0.25) is 0 Å². The number of carbonyl (C=O) groups is 3. The van der Waals surface area contributed by atoms with Gasteiger partial charge in [-0.05, 0) is 43.2 Å². The molecule has 0 radical (unpaired) electrons. The largest absolute Gasteiger partial charge is 0.504 e. The highest BCUT2D eigenvalue weighted by Gasteiger charge is 2.49. The summed E-state index contributed by atoms with van der Waals surface area (Å²) >= 11 is 0. The van der Waals surface area contributed by atoms with Crippen molar-refractivity contribution >= 4 is 23.5 Å². The number of fused-ring (bicyclic) bond motifs is 1. The number of likely N-dealkylation sites (N-methyl/N-ethyl adjacent to an activating group) is 2. The Kier molecular flexibility index (Phi) is 9.25. The number of alkyl halides is 3. The fourth-order valence-electron chi connectivity index (χ4n) is 7.41. The van der Waals surface area contributed by atoms with Crippen molar-refractivity contribution in [1.82, 2.24) is 34.7 Å². The van der Waals surface area contributed by atoms with Crippen molar-refractivity contribution in [3.63, 3.8) is 0 Å². The van der Waals surface area contributed by atoms with Crippen LogP contribution in [0.25, 0.3) is 5.69 Å². The third kappa shape index (κ3) is 6.50. The molecule has 2 aromatic carbocycles. The number of carbonyl (C=O) groups excluding carboxylic acids is 3. The van der Waals surface area contributed by atoms with E-state index in [0.29, 0.717) is 35.3 Å². The first kappa shape index (κ1) is 35.1. The maximum atomic E-state index is 14.4. The molecule has 7 rings (SSSR count). The Morgan fingerprint density at radius 1 is 1.10 bits per heavy atom. The van der Waals surface area contributed by atoms with Gasteiger partial charge in [0.15, 0.2) is 0 Å². The van der Waals surface area contributed by atoms with E-state index in [2.05, 4.69) is 20.4 Å². The van der Waals surface area contributed by atoms with Crippen LogP contribution in [0.4, 0.5) is 19.0 Å². The van der Waals surface area contributed by atoms with Crippen molar-refractivity contribution in [1.29, 1.82) is 0 Å². The van der Waals surface area contributed by atoms with E-state index in [-0.39, 0.29) is 29.1 Å². The molecule has 2 saturated heterocycles. The van der Waals surface area contributed by atoms with E-state index >= 15 is 0 Å². The standard InChI is InChI=1S/C37H39F3N8O4/c1-4-25(19-45-20-36(21-45)22-52-23-36)34(50)44(3)18-24-10-9-11-26(16-24)30-28-17-41-48(27-12-7-6-8-13-27)33(28)46(5-2)35(51)31(30)42-32(49)29-14-15-47(43-29)37(38,39)40/h4,6-17,30-31H,5,18-23H2,1-3H3,(H,42,49)/b25-4+/t30-,31+/m1/s1. The minimum atomic E-state index is -4.81. The number of nitrogens with one attached hydrogen (secondary N) is 1. The van der Waals surface area contributed by atoms with Crippen molar-refractivity contribution in [2.45, 2.75) is 38.7 Å². The highest BCUT2D eigenvalue weighted by molar-refractivity contribution is 6.04. The van der Waals surface area contributed by atoms with Gasteiger partial charge in [0, 0.05) is 68.4 Å². The van der Waals surface area contributed by atoms with Gasteiger partial charge >= 0.3 is 6.30 Å². The summed E-state index contributed by atoms with van der Waals surface area (Å²) in [6.45, 7) is 8.06. The lowest BCUT2D eigenvalue weighted by atomic mass is 9.78. The monoisotopic (exact) mass is 716 g/mol. The summed E-state index contributed by atoms with van der Waals surface area (Å²) < 4.78 is 46.7. The molecule has 2 aromatic heterocycles. The third-order valence-corrected chi connectivity index (χ3v) is 9.94. The van der Waals surface area contributed by atoms with Crippen molar-refractivity contribution in [2.24, 2.45) is 5.41 Å². The molecule has 3 aliphatic rings. The van der Waals surface area contributed by atoms with E-state index in [9.17, 15) is 27.6 Å². The quantitative estimate of drug-likeness (QED) is 0.246. The lowest BCUT2D eigenvalue weighted by Crippen LogP contribution is -2.66. The van der Waals surface area contributed by atoms with Crippen LogP contribution in [0.5, 0.6) is 0 Å². The van der Waals surface area contributed by atoms with Gasteiger partial charge < -0.3 is 15.0 Å². The average Bonchev–Trinajstić information content (AvgIpc) is 3.77. The number of likely N-dealkylation sites (tertiary alicyclic amines) is 1. The van der Waals surface area contributed by atoms with E-state index in [4.69, 9.17) is 4.74 Å². The summed E-state index contributed by atoms with van der Waals surface area (Å²) in [5.74, 6) is -1.75. The zero-order valence-corrected chi connectivity index (χ0v) is 29.0. The van der Waals surface area contributed by atoms with Gasteiger partial charge in [-0.25, -0.2) is 4.68 Å². The molecule has 0 aliphatic carbocycles. The van der Waals surface area contributed by atoms with E-state index in [1.165, 1.54) is 4.90 Å². The Bertz CT molecular complexity index is 2010. The van der Waals surface area contributed by atoms with Crippen LogP contribution in [0, 0.1) is 5.41 Å². The van der Waals surface area contributed by atoms with Gasteiger partial charge in [0.1, 0.15) is 17.6 Å². The molecule has 12 nitrogen and oxygen atoms in total. The number of amides is 3. The Hall–Kier alpha value is -5.28. The molecule has 1 N–H and O–H groups in total. The molecule has 3 amide bonds. The van der Waals surface area contributed by atoms with Crippen molar-refractivity contribution < 1.29 is 32.3 Å². The third-order valence-electron chi connectivity index (χ3n) is 9.94. The smallest absolute Gasteiger partial charge is 0.380 e. The number of hydrogen-bond donors (Lipinski definition) is 1. The van der Waals surface area contributed by atoms with Crippen molar-refractivity contribution in [3.05, 3.63) is 107 Å². The second kappa shape index (κ2) is 13.7. The summed E-state index contributed by atoms with van der Waals surface area (Å²) in [6, 6.07) is 16.5. The first-order valence-electron chi connectivity index (χ1n) is 17.1. The molecule has 15 heteroatoms. The highest BCUT2D eigenvalue weighted by Crippen LogP contribution is 2.42. The molecule has 52 heavy (non-hydrogen) atoms. The van der Waals surface area contributed by atoms with E-state index < -0.39 is 35.8 Å². The second-order valence-corrected chi connectivity index (χ2v) is 13.7. The summed E-state index contributed by atoms with van der Waals surface area (Å²) in [6.07, 6.45) is -0.662. The Balaban J connectivity index is 1.19. The van der Waals surface area contributed by atoms with Crippen molar-refractivity contribution in [3.8, 4) is 5.69 Å².